The van der Waals surface area contributed by atoms with Gasteiger partial charge in [-0.2, -0.15) is 0 Å². The van der Waals surface area contributed by atoms with Crippen molar-refractivity contribution in [3.8, 4) is 0 Å². The van der Waals surface area contributed by atoms with Crippen molar-refractivity contribution in [3.05, 3.63) is 30.3 Å². The number of benzene rings is 1. The Balaban J connectivity index is 2.54. The third-order valence-corrected chi connectivity index (χ3v) is 9.45. The van der Waals surface area contributed by atoms with Crippen LogP contribution in [-0.4, -0.2) is 27.4 Å². The maximum atomic E-state index is 12.7. The lowest BCUT2D eigenvalue weighted by molar-refractivity contribution is -0.118. The van der Waals surface area contributed by atoms with Gasteiger partial charge in [-0.3, -0.25) is 4.79 Å². The molecule has 0 N–H and O–H groups in total. The minimum absolute atomic E-state index is 0.202. The van der Waals surface area contributed by atoms with Crippen molar-refractivity contribution in [2.24, 2.45) is 0 Å². The van der Waals surface area contributed by atoms with Crippen LogP contribution in [0.3, 0.4) is 0 Å². The fraction of sp³-hybridized carbons (Fsp3) is 0.650. The van der Waals surface area contributed by atoms with Crippen LogP contribution in [0.25, 0.3) is 0 Å². The lowest BCUT2D eigenvalue weighted by Crippen LogP contribution is -2.41. The summed E-state index contributed by atoms with van der Waals surface area (Å²) in [4.78, 5) is 14.6. The average molecular weight is 350 g/mol. The van der Waals surface area contributed by atoms with Gasteiger partial charge in [0.2, 0.25) is 5.91 Å². The van der Waals surface area contributed by atoms with Crippen molar-refractivity contribution in [2.75, 3.05) is 18.1 Å². The van der Waals surface area contributed by atoms with E-state index in [9.17, 15) is 4.79 Å². The molecule has 1 aromatic carbocycles. The van der Waals surface area contributed by atoms with Crippen molar-refractivity contribution < 1.29 is 9.22 Å². The minimum atomic E-state index is -1.71. The highest BCUT2D eigenvalue weighted by atomic mass is 28.4. The topological polar surface area (TPSA) is 29.5 Å². The molecule has 0 saturated carbocycles. The van der Waals surface area contributed by atoms with Gasteiger partial charge in [0, 0.05) is 25.3 Å². The first kappa shape index (κ1) is 20.9. The number of anilines is 1. The van der Waals surface area contributed by atoms with Crippen LogP contribution < -0.4 is 4.90 Å². The maximum Gasteiger partial charge on any atom is 0.227 e. The van der Waals surface area contributed by atoms with Gasteiger partial charge < -0.3 is 9.33 Å². The monoisotopic (exact) mass is 349 g/mol. The molecule has 0 spiro atoms. The molecule has 1 amide bonds. The number of amides is 1. The molecule has 0 radical (unpaired) electrons. The molecule has 0 aromatic heterocycles. The van der Waals surface area contributed by atoms with Crippen molar-refractivity contribution in [2.45, 2.75) is 71.5 Å². The lowest BCUT2D eigenvalue weighted by Gasteiger charge is -2.36. The highest BCUT2D eigenvalue weighted by Crippen LogP contribution is 2.36. The molecular weight excluding hydrogens is 314 g/mol. The molecule has 4 heteroatoms. The zero-order valence-electron chi connectivity index (χ0n) is 16.4. The summed E-state index contributed by atoms with van der Waals surface area (Å²) in [5.41, 5.74) is 1.00. The van der Waals surface area contributed by atoms with Crippen LogP contribution in [0.5, 0.6) is 0 Å². The van der Waals surface area contributed by atoms with Crippen LogP contribution in [0.1, 0.15) is 53.4 Å². The molecule has 0 heterocycles. The predicted octanol–water partition coefficient (Wildman–Crippen LogP) is 5.62. The number of carbonyl (C=O) groups is 1. The van der Waals surface area contributed by atoms with Gasteiger partial charge in [0.1, 0.15) is 0 Å². The Morgan fingerprint density at radius 1 is 1.12 bits per heavy atom. The first-order chi connectivity index (χ1) is 11.2. The third kappa shape index (κ3) is 6.40. The second-order valence-electron chi connectivity index (χ2n) is 7.95. The van der Waals surface area contributed by atoms with Gasteiger partial charge in [-0.1, -0.05) is 52.3 Å². The fourth-order valence-electron chi connectivity index (χ4n) is 2.22. The van der Waals surface area contributed by atoms with Crippen LogP contribution in [-0.2, 0) is 9.22 Å². The lowest BCUT2D eigenvalue weighted by atomic mass is 10.2. The summed E-state index contributed by atoms with van der Waals surface area (Å²) in [5.74, 6) is 0.202. The Labute approximate surface area is 149 Å². The predicted molar refractivity (Wildman–Crippen MR) is 106 cm³/mol. The Morgan fingerprint density at radius 3 is 2.29 bits per heavy atom. The van der Waals surface area contributed by atoms with Crippen LogP contribution >= 0.6 is 0 Å². The highest BCUT2D eigenvalue weighted by molar-refractivity contribution is 6.74. The van der Waals surface area contributed by atoms with Gasteiger partial charge in [-0.05, 0) is 43.1 Å². The zero-order chi connectivity index (χ0) is 18.2. The van der Waals surface area contributed by atoms with E-state index in [-0.39, 0.29) is 10.9 Å². The number of unbranched alkanes of at least 4 members (excludes halogenated alkanes) is 1. The summed E-state index contributed by atoms with van der Waals surface area (Å²) in [7, 11) is -1.71. The van der Waals surface area contributed by atoms with E-state index in [0.29, 0.717) is 13.0 Å². The first-order valence-corrected chi connectivity index (χ1v) is 12.1. The summed E-state index contributed by atoms with van der Waals surface area (Å²) in [6, 6.07) is 9.99. The third-order valence-electron chi connectivity index (χ3n) is 4.91. The van der Waals surface area contributed by atoms with E-state index in [0.717, 1.165) is 31.5 Å². The van der Waals surface area contributed by atoms with Crippen LogP contribution in [0.4, 0.5) is 5.69 Å². The van der Waals surface area contributed by atoms with E-state index < -0.39 is 8.32 Å². The van der Waals surface area contributed by atoms with Gasteiger partial charge in [-0.25, -0.2) is 0 Å². The van der Waals surface area contributed by atoms with Crippen molar-refractivity contribution in [1.82, 2.24) is 0 Å². The summed E-state index contributed by atoms with van der Waals surface area (Å²) in [6.07, 6.45) is 3.46. The summed E-state index contributed by atoms with van der Waals surface area (Å²) < 4.78 is 6.18. The van der Waals surface area contributed by atoms with Crippen LogP contribution in [0, 0.1) is 0 Å². The normalized spacial score (nSPS) is 12.2. The van der Waals surface area contributed by atoms with Gasteiger partial charge in [0.05, 0.1) is 0 Å². The van der Waals surface area contributed by atoms with E-state index >= 15 is 0 Å². The van der Waals surface area contributed by atoms with E-state index in [2.05, 4.69) is 40.8 Å². The summed E-state index contributed by atoms with van der Waals surface area (Å²) in [6.45, 7) is 14.9. The second kappa shape index (κ2) is 9.38. The quantitative estimate of drug-likeness (QED) is 0.427. The van der Waals surface area contributed by atoms with Crippen molar-refractivity contribution in [1.29, 1.82) is 0 Å². The maximum absolute atomic E-state index is 12.7. The summed E-state index contributed by atoms with van der Waals surface area (Å²) in [5, 5.41) is 0.216. The Bertz CT molecular complexity index is 494. The summed E-state index contributed by atoms with van der Waals surface area (Å²) >= 11 is 0. The molecule has 1 aromatic rings. The van der Waals surface area contributed by atoms with E-state index in [1.807, 2.05) is 35.2 Å². The Hall–Kier alpha value is -1.13. The van der Waals surface area contributed by atoms with Crippen LogP contribution in [0.2, 0.25) is 18.1 Å². The van der Waals surface area contributed by atoms with Gasteiger partial charge in [0.15, 0.2) is 8.32 Å². The second-order valence-corrected chi connectivity index (χ2v) is 12.8. The number of para-hydroxylation sites is 1. The zero-order valence-corrected chi connectivity index (χ0v) is 17.4. The largest absolute Gasteiger partial charge is 0.417 e. The molecule has 24 heavy (non-hydrogen) atoms. The van der Waals surface area contributed by atoms with Crippen LogP contribution in [0.15, 0.2) is 30.3 Å². The molecule has 0 aliphatic heterocycles. The SMILES string of the molecule is CCCCN(C(=O)CCCO[Si](C)(C)C(C)(C)C)c1ccccc1. The van der Waals surface area contributed by atoms with E-state index in [1.54, 1.807) is 0 Å². The molecule has 0 fully saturated rings. The fourth-order valence-corrected chi connectivity index (χ4v) is 3.31. The average Bonchev–Trinajstić information content (AvgIpc) is 2.52. The molecule has 136 valence electrons. The molecule has 1 rings (SSSR count). The first-order valence-electron chi connectivity index (χ1n) is 9.18. The van der Waals surface area contributed by atoms with Gasteiger partial charge in [-0.15, -0.1) is 0 Å². The number of carbonyl (C=O) groups excluding carboxylic acids is 1. The van der Waals surface area contributed by atoms with E-state index in [1.165, 1.54) is 0 Å². The van der Waals surface area contributed by atoms with Gasteiger partial charge >= 0.3 is 0 Å². The van der Waals surface area contributed by atoms with Crippen molar-refractivity contribution in [3.63, 3.8) is 0 Å². The Morgan fingerprint density at radius 2 is 1.75 bits per heavy atom. The van der Waals surface area contributed by atoms with E-state index in [4.69, 9.17) is 4.43 Å². The molecule has 0 atom stereocenters. The molecule has 0 unspecified atom stereocenters. The van der Waals surface area contributed by atoms with Crippen molar-refractivity contribution >= 4 is 19.9 Å². The number of hydrogen-bond donors (Lipinski definition) is 0. The molecule has 0 aliphatic carbocycles. The molecular formula is C20H35NO2Si. The highest BCUT2D eigenvalue weighted by Gasteiger charge is 2.36. The number of rotatable bonds is 9. The molecule has 0 saturated heterocycles. The molecule has 0 bridgehead atoms. The standard InChI is InChI=1S/C20H35NO2Si/c1-7-8-16-21(18-13-10-9-11-14-18)19(22)15-12-17-23-24(5,6)20(2,3)4/h9-11,13-14H,7-8,12,15-17H2,1-6H3. The number of hydrogen-bond acceptors (Lipinski definition) is 2. The molecule has 3 nitrogen and oxygen atoms in total. The van der Waals surface area contributed by atoms with Gasteiger partial charge in [0.25, 0.3) is 0 Å². The smallest absolute Gasteiger partial charge is 0.227 e. The molecule has 0 aliphatic rings. The Kier molecular flexibility index (Phi) is 8.17. The minimum Gasteiger partial charge on any atom is -0.417 e. The number of nitrogens with zero attached hydrogens (tertiary/aromatic N) is 1.